The van der Waals surface area contributed by atoms with Crippen LogP contribution in [0.1, 0.15) is 17.4 Å². The fraction of sp³-hybridized carbons (Fsp3) is 0.182. The van der Waals surface area contributed by atoms with Crippen LogP contribution in [-0.4, -0.2) is 14.9 Å². The van der Waals surface area contributed by atoms with Crippen molar-refractivity contribution < 1.29 is 5.11 Å². The summed E-state index contributed by atoms with van der Waals surface area (Å²) in [6, 6.07) is 7.11. The van der Waals surface area contributed by atoms with E-state index < -0.39 is 6.10 Å². The molecule has 2 rings (SSSR count). The van der Waals surface area contributed by atoms with Crippen molar-refractivity contribution in [3.05, 3.63) is 51.8 Å². The molecule has 0 aliphatic rings. The Kier molecular flexibility index (Phi) is 3.19. The average molecular weight is 257 g/mol. The zero-order chi connectivity index (χ0) is 11.7. The third-order valence-electron chi connectivity index (χ3n) is 2.40. The van der Waals surface area contributed by atoms with E-state index in [1.165, 1.54) is 10.9 Å². The third kappa shape index (κ3) is 1.94. The molecule has 0 radical (unpaired) electrons. The van der Waals surface area contributed by atoms with Gasteiger partial charge in [-0.25, -0.2) is 0 Å². The van der Waals surface area contributed by atoms with Crippen LogP contribution in [0.15, 0.2) is 30.5 Å². The van der Waals surface area contributed by atoms with Crippen molar-refractivity contribution in [2.45, 2.75) is 6.10 Å². The molecule has 0 amide bonds. The number of hydrogen-bond donors (Lipinski definition) is 1. The van der Waals surface area contributed by atoms with E-state index in [9.17, 15) is 5.11 Å². The van der Waals surface area contributed by atoms with Crippen LogP contribution in [0.5, 0.6) is 0 Å². The van der Waals surface area contributed by atoms with Crippen molar-refractivity contribution in [1.82, 2.24) is 9.78 Å². The number of halogens is 2. The molecular formula is C11H10Cl2N2O. The molecule has 0 aliphatic heterocycles. The molecule has 2 aromatic rings. The van der Waals surface area contributed by atoms with Gasteiger partial charge in [0.25, 0.3) is 0 Å². The van der Waals surface area contributed by atoms with Gasteiger partial charge in [0.1, 0.15) is 6.10 Å². The normalized spacial score (nSPS) is 12.8. The molecule has 1 aromatic carbocycles. The van der Waals surface area contributed by atoms with Gasteiger partial charge in [0.2, 0.25) is 0 Å². The lowest BCUT2D eigenvalue weighted by Crippen LogP contribution is -2.07. The van der Waals surface area contributed by atoms with Crippen LogP contribution >= 0.6 is 23.2 Å². The smallest absolute Gasteiger partial charge is 0.124 e. The summed E-state index contributed by atoms with van der Waals surface area (Å²) in [4.78, 5) is 0. The second-order valence-electron chi connectivity index (χ2n) is 3.43. The SMILES string of the molecule is Cn1ncc(Cl)c1C(O)c1ccccc1Cl. The Labute approximate surface area is 103 Å². The summed E-state index contributed by atoms with van der Waals surface area (Å²) < 4.78 is 1.54. The lowest BCUT2D eigenvalue weighted by molar-refractivity contribution is 0.210. The zero-order valence-corrected chi connectivity index (χ0v) is 10.1. The molecule has 0 bridgehead atoms. The summed E-state index contributed by atoms with van der Waals surface area (Å²) in [7, 11) is 1.72. The van der Waals surface area contributed by atoms with Gasteiger partial charge < -0.3 is 5.11 Å². The lowest BCUT2D eigenvalue weighted by Gasteiger charge is -2.13. The van der Waals surface area contributed by atoms with Crippen molar-refractivity contribution in [3.63, 3.8) is 0 Å². The number of nitrogens with zero attached hydrogens (tertiary/aromatic N) is 2. The average Bonchev–Trinajstić information content (AvgIpc) is 2.58. The van der Waals surface area contributed by atoms with Gasteiger partial charge in [-0.2, -0.15) is 5.10 Å². The largest absolute Gasteiger partial charge is 0.382 e. The van der Waals surface area contributed by atoms with Crippen LogP contribution in [0.25, 0.3) is 0 Å². The molecule has 0 fully saturated rings. The van der Waals surface area contributed by atoms with Crippen molar-refractivity contribution in [2.24, 2.45) is 7.05 Å². The second-order valence-corrected chi connectivity index (χ2v) is 4.24. The molecular weight excluding hydrogens is 247 g/mol. The number of hydrogen-bond acceptors (Lipinski definition) is 2. The number of aryl methyl sites for hydroxylation is 1. The summed E-state index contributed by atoms with van der Waals surface area (Å²) in [5, 5.41) is 15.1. The fourth-order valence-corrected chi connectivity index (χ4v) is 2.08. The molecule has 1 unspecified atom stereocenters. The maximum Gasteiger partial charge on any atom is 0.124 e. The lowest BCUT2D eigenvalue weighted by atomic mass is 10.1. The highest BCUT2D eigenvalue weighted by Gasteiger charge is 2.20. The molecule has 16 heavy (non-hydrogen) atoms. The predicted octanol–water partition coefficient (Wildman–Crippen LogP) is 2.81. The van der Waals surface area contributed by atoms with Crippen molar-refractivity contribution in [1.29, 1.82) is 0 Å². The monoisotopic (exact) mass is 256 g/mol. The molecule has 0 spiro atoms. The van der Waals surface area contributed by atoms with Crippen molar-refractivity contribution >= 4 is 23.2 Å². The number of rotatable bonds is 2. The van der Waals surface area contributed by atoms with Gasteiger partial charge in [0, 0.05) is 17.6 Å². The first-order valence-corrected chi connectivity index (χ1v) is 5.46. The Hall–Kier alpha value is -1.03. The summed E-state index contributed by atoms with van der Waals surface area (Å²) in [6.45, 7) is 0. The summed E-state index contributed by atoms with van der Waals surface area (Å²) in [5.41, 5.74) is 1.16. The van der Waals surface area contributed by atoms with E-state index >= 15 is 0 Å². The Bertz CT molecular complexity index is 491. The van der Waals surface area contributed by atoms with Crippen LogP contribution in [-0.2, 0) is 7.05 Å². The van der Waals surface area contributed by atoms with E-state index in [4.69, 9.17) is 23.2 Å². The maximum absolute atomic E-state index is 10.2. The minimum atomic E-state index is -0.867. The summed E-state index contributed by atoms with van der Waals surface area (Å²) in [6.07, 6.45) is 0.630. The first kappa shape index (κ1) is 11.5. The zero-order valence-electron chi connectivity index (χ0n) is 8.56. The van der Waals surface area contributed by atoms with E-state index in [1.807, 2.05) is 12.1 Å². The highest BCUT2D eigenvalue weighted by Crippen LogP contribution is 2.31. The van der Waals surface area contributed by atoms with E-state index in [1.54, 1.807) is 19.2 Å². The number of aromatic nitrogens is 2. The summed E-state index contributed by atoms with van der Waals surface area (Å²) >= 11 is 12.0. The molecule has 84 valence electrons. The number of benzene rings is 1. The molecule has 0 saturated heterocycles. The first-order chi connectivity index (χ1) is 7.61. The van der Waals surface area contributed by atoms with E-state index in [0.29, 0.717) is 21.3 Å². The van der Waals surface area contributed by atoms with Crippen LogP contribution < -0.4 is 0 Å². The number of aliphatic hydroxyl groups is 1. The van der Waals surface area contributed by atoms with Crippen molar-refractivity contribution in [2.75, 3.05) is 0 Å². The molecule has 5 heteroatoms. The Morgan fingerprint density at radius 3 is 2.50 bits per heavy atom. The van der Waals surface area contributed by atoms with Gasteiger partial charge in [-0.05, 0) is 6.07 Å². The topological polar surface area (TPSA) is 38.0 Å². The molecule has 1 atom stereocenters. The Morgan fingerprint density at radius 1 is 1.25 bits per heavy atom. The minimum absolute atomic E-state index is 0.426. The highest BCUT2D eigenvalue weighted by atomic mass is 35.5. The van der Waals surface area contributed by atoms with E-state index in [0.717, 1.165) is 0 Å². The molecule has 1 aromatic heterocycles. The molecule has 1 N–H and O–H groups in total. The van der Waals surface area contributed by atoms with E-state index in [2.05, 4.69) is 5.10 Å². The second kappa shape index (κ2) is 4.45. The molecule has 0 aliphatic carbocycles. The third-order valence-corrected chi connectivity index (χ3v) is 3.03. The standard InChI is InChI=1S/C11H10Cl2N2O/c1-15-10(9(13)6-14-15)11(16)7-4-2-3-5-8(7)12/h2-6,11,16H,1H3. The van der Waals surface area contributed by atoms with Crippen molar-refractivity contribution in [3.8, 4) is 0 Å². The predicted molar refractivity (Wildman–Crippen MR) is 63.7 cm³/mol. The van der Waals surface area contributed by atoms with E-state index in [-0.39, 0.29) is 0 Å². The minimum Gasteiger partial charge on any atom is -0.382 e. The van der Waals surface area contributed by atoms with Crippen LogP contribution in [0.4, 0.5) is 0 Å². The Morgan fingerprint density at radius 2 is 1.94 bits per heavy atom. The maximum atomic E-state index is 10.2. The van der Waals surface area contributed by atoms with Gasteiger partial charge in [0.05, 0.1) is 16.9 Å². The molecule has 0 saturated carbocycles. The highest BCUT2D eigenvalue weighted by molar-refractivity contribution is 6.32. The van der Waals surface area contributed by atoms with Gasteiger partial charge in [-0.15, -0.1) is 0 Å². The van der Waals surface area contributed by atoms with Gasteiger partial charge in [0.15, 0.2) is 0 Å². The summed E-state index contributed by atoms with van der Waals surface area (Å²) in [5.74, 6) is 0. The van der Waals surface area contributed by atoms with Crippen LogP contribution in [0.3, 0.4) is 0 Å². The number of aliphatic hydroxyl groups excluding tert-OH is 1. The molecule has 1 heterocycles. The first-order valence-electron chi connectivity index (χ1n) is 4.71. The van der Waals surface area contributed by atoms with Crippen LogP contribution in [0.2, 0.25) is 10.0 Å². The van der Waals surface area contributed by atoms with Crippen LogP contribution in [0, 0.1) is 0 Å². The fourth-order valence-electron chi connectivity index (χ4n) is 1.57. The Balaban J connectivity index is 2.47. The van der Waals surface area contributed by atoms with Gasteiger partial charge in [-0.3, -0.25) is 4.68 Å². The van der Waals surface area contributed by atoms with Gasteiger partial charge in [-0.1, -0.05) is 41.4 Å². The molecule has 3 nitrogen and oxygen atoms in total. The van der Waals surface area contributed by atoms with Gasteiger partial charge >= 0.3 is 0 Å². The quantitative estimate of drug-likeness (QED) is 0.898.